The number of rotatable bonds is 6. The molecule has 3 atom stereocenters. The fraction of sp³-hybridized carbons (Fsp3) is 1.00. The second kappa shape index (κ2) is 6.85. The highest BCUT2D eigenvalue weighted by atomic mass is 16.5. The van der Waals surface area contributed by atoms with Crippen molar-refractivity contribution in [2.24, 2.45) is 5.92 Å². The summed E-state index contributed by atoms with van der Waals surface area (Å²) in [6.45, 7) is 9.45. The molecule has 0 spiro atoms. The lowest BCUT2D eigenvalue weighted by Crippen LogP contribution is -2.51. The summed E-state index contributed by atoms with van der Waals surface area (Å²) in [6.07, 6.45) is 3.00. The molecule has 2 aliphatic rings. The summed E-state index contributed by atoms with van der Waals surface area (Å²) in [5.41, 5.74) is 0. The minimum atomic E-state index is 0.345. The van der Waals surface area contributed by atoms with Gasteiger partial charge in [0.25, 0.3) is 0 Å². The van der Waals surface area contributed by atoms with Gasteiger partial charge in [-0.05, 0) is 25.3 Å². The van der Waals surface area contributed by atoms with E-state index in [4.69, 9.17) is 9.47 Å². The maximum absolute atomic E-state index is 5.96. The van der Waals surface area contributed by atoms with Crippen LogP contribution in [0.4, 0.5) is 0 Å². The minimum Gasteiger partial charge on any atom is -0.383 e. The molecular weight excluding hydrogens is 228 g/mol. The largest absolute Gasteiger partial charge is 0.383 e. The first-order valence-corrected chi connectivity index (χ1v) is 7.28. The summed E-state index contributed by atoms with van der Waals surface area (Å²) < 4.78 is 11.2. The molecule has 0 aromatic heterocycles. The molecule has 2 saturated heterocycles. The summed E-state index contributed by atoms with van der Waals surface area (Å²) in [7, 11) is 1.77. The molecule has 18 heavy (non-hydrogen) atoms. The zero-order valence-corrected chi connectivity index (χ0v) is 12.0. The first-order chi connectivity index (χ1) is 8.70. The second-order valence-electron chi connectivity index (χ2n) is 5.96. The van der Waals surface area contributed by atoms with Crippen molar-refractivity contribution in [2.45, 2.75) is 44.9 Å². The van der Waals surface area contributed by atoms with E-state index < -0.39 is 0 Å². The highest BCUT2D eigenvalue weighted by molar-refractivity contribution is 4.86. The highest BCUT2D eigenvalue weighted by Crippen LogP contribution is 2.22. The Hall–Kier alpha value is -0.160. The number of nitrogens with zero attached hydrogens (tertiary/aromatic N) is 1. The Labute approximate surface area is 111 Å². The van der Waals surface area contributed by atoms with E-state index in [0.717, 1.165) is 26.3 Å². The standard InChI is InChI=1S/C14H28N2O2/c1-11(2)14(10-17-3)15-7-13-8-16-6-4-5-12(16)9-18-13/h11-15H,4-10H2,1-3H3. The van der Waals surface area contributed by atoms with Crippen LogP contribution in [-0.2, 0) is 9.47 Å². The third-order valence-electron chi connectivity index (χ3n) is 4.22. The van der Waals surface area contributed by atoms with E-state index >= 15 is 0 Å². The van der Waals surface area contributed by atoms with Crippen molar-refractivity contribution in [1.29, 1.82) is 0 Å². The van der Waals surface area contributed by atoms with E-state index in [0.29, 0.717) is 24.1 Å². The first-order valence-electron chi connectivity index (χ1n) is 7.28. The molecule has 0 amide bonds. The van der Waals surface area contributed by atoms with Crippen LogP contribution >= 0.6 is 0 Å². The molecule has 2 heterocycles. The van der Waals surface area contributed by atoms with Crippen LogP contribution in [0.15, 0.2) is 0 Å². The third kappa shape index (κ3) is 3.67. The smallest absolute Gasteiger partial charge is 0.0827 e. The molecule has 4 heteroatoms. The number of methoxy groups -OCH3 is 1. The van der Waals surface area contributed by atoms with Crippen molar-refractivity contribution < 1.29 is 9.47 Å². The number of hydrogen-bond acceptors (Lipinski definition) is 4. The average Bonchev–Trinajstić information content (AvgIpc) is 2.81. The van der Waals surface area contributed by atoms with Crippen LogP contribution in [0.25, 0.3) is 0 Å². The quantitative estimate of drug-likeness (QED) is 0.772. The number of hydrogen-bond donors (Lipinski definition) is 1. The lowest BCUT2D eigenvalue weighted by molar-refractivity contribution is -0.0492. The number of nitrogens with one attached hydrogen (secondary N) is 1. The van der Waals surface area contributed by atoms with Gasteiger partial charge < -0.3 is 14.8 Å². The molecule has 3 unspecified atom stereocenters. The molecule has 1 N–H and O–H groups in total. The molecule has 0 aliphatic carbocycles. The van der Waals surface area contributed by atoms with Gasteiger partial charge in [-0.25, -0.2) is 0 Å². The Balaban J connectivity index is 1.72. The Kier molecular flexibility index (Phi) is 5.42. The predicted octanol–water partition coefficient (Wildman–Crippen LogP) is 1.11. The number of morpholine rings is 1. The van der Waals surface area contributed by atoms with Gasteiger partial charge in [-0.1, -0.05) is 13.8 Å². The van der Waals surface area contributed by atoms with Crippen molar-refractivity contribution >= 4 is 0 Å². The van der Waals surface area contributed by atoms with E-state index in [9.17, 15) is 0 Å². The number of fused-ring (bicyclic) bond motifs is 1. The Bertz CT molecular complexity index is 248. The third-order valence-corrected chi connectivity index (χ3v) is 4.22. The molecule has 106 valence electrons. The van der Waals surface area contributed by atoms with Crippen LogP contribution in [0, 0.1) is 5.92 Å². The molecule has 0 aromatic carbocycles. The average molecular weight is 256 g/mol. The molecule has 0 saturated carbocycles. The van der Waals surface area contributed by atoms with E-state index in [1.165, 1.54) is 19.4 Å². The maximum atomic E-state index is 5.96. The first kappa shape index (κ1) is 14.3. The number of ether oxygens (including phenoxy) is 2. The van der Waals surface area contributed by atoms with Gasteiger partial charge in [0.15, 0.2) is 0 Å². The topological polar surface area (TPSA) is 33.7 Å². The molecule has 0 radical (unpaired) electrons. The summed E-state index contributed by atoms with van der Waals surface area (Å²) in [6, 6.07) is 1.12. The van der Waals surface area contributed by atoms with Crippen LogP contribution in [0.1, 0.15) is 26.7 Å². The van der Waals surface area contributed by atoms with E-state index in [-0.39, 0.29) is 0 Å². The summed E-state index contributed by atoms with van der Waals surface area (Å²) in [4.78, 5) is 2.59. The summed E-state index contributed by atoms with van der Waals surface area (Å²) >= 11 is 0. The Morgan fingerprint density at radius 3 is 3.00 bits per heavy atom. The highest BCUT2D eigenvalue weighted by Gasteiger charge is 2.32. The van der Waals surface area contributed by atoms with Crippen molar-refractivity contribution in [3.05, 3.63) is 0 Å². The molecular formula is C14H28N2O2. The van der Waals surface area contributed by atoms with Gasteiger partial charge in [0.1, 0.15) is 0 Å². The lowest BCUT2D eigenvalue weighted by Gasteiger charge is -2.36. The normalized spacial score (nSPS) is 30.7. The fourth-order valence-corrected chi connectivity index (χ4v) is 2.96. The van der Waals surface area contributed by atoms with E-state index in [1.807, 2.05) is 0 Å². The SMILES string of the molecule is COCC(NCC1CN2CCCC2CO1)C(C)C. The van der Waals surface area contributed by atoms with Crippen molar-refractivity contribution in [3.63, 3.8) is 0 Å². The summed E-state index contributed by atoms with van der Waals surface area (Å²) in [5, 5.41) is 3.59. The minimum absolute atomic E-state index is 0.345. The molecule has 0 bridgehead atoms. The van der Waals surface area contributed by atoms with Gasteiger partial charge in [0.2, 0.25) is 0 Å². The Morgan fingerprint density at radius 2 is 2.28 bits per heavy atom. The zero-order valence-electron chi connectivity index (χ0n) is 12.0. The zero-order chi connectivity index (χ0) is 13.0. The molecule has 2 fully saturated rings. The van der Waals surface area contributed by atoms with Crippen molar-refractivity contribution in [3.8, 4) is 0 Å². The van der Waals surface area contributed by atoms with Crippen LogP contribution in [0.5, 0.6) is 0 Å². The van der Waals surface area contributed by atoms with Gasteiger partial charge >= 0.3 is 0 Å². The second-order valence-corrected chi connectivity index (χ2v) is 5.96. The lowest BCUT2D eigenvalue weighted by atomic mass is 10.1. The van der Waals surface area contributed by atoms with Gasteiger partial charge in [-0.2, -0.15) is 0 Å². The van der Waals surface area contributed by atoms with Crippen LogP contribution in [0.2, 0.25) is 0 Å². The van der Waals surface area contributed by atoms with Gasteiger partial charge in [-0.3, -0.25) is 4.90 Å². The molecule has 2 rings (SSSR count). The monoisotopic (exact) mass is 256 g/mol. The van der Waals surface area contributed by atoms with Gasteiger partial charge in [0.05, 0.1) is 19.3 Å². The Morgan fingerprint density at radius 1 is 1.44 bits per heavy atom. The maximum Gasteiger partial charge on any atom is 0.0827 e. The van der Waals surface area contributed by atoms with Crippen LogP contribution in [-0.4, -0.2) is 63.0 Å². The van der Waals surface area contributed by atoms with E-state index in [1.54, 1.807) is 7.11 Å². The van der Waals surface area contributed by atoms with Crippen LogP contribution < -0.4 is 5.32 Å². The molecule has 0 aromatic rings. The van der Waals surface area contributed by atoms with Crippen molar-refractivity contribution in [1.82, 2.24) is 10.2 Å². The summed E-state index contributed by atoms with van der Waals surface area (Å²) in [5.74, 6) is 0.591. The van der Waals surface area contributed by atoms with Crippen LogP contribution in [0.3, 0.4) is 0 Å². The molecule has 4 nitrogen and oxygen atoms in total. The molecule has 2 aliphatic heterocycles. The van der Waals surface area contributed by atoms with Gasteiger partial charge in [-0.15, -0.1) is 0 Å². The van der Waals surface area contributed by atoms with Gasteiger partial charge in [0, 0.05) is 32.3 Å². The predicted molar refractivity (Wildman–Crippen MR) is 72.8 cm³/mol. The van der Waals surface area contributed by atoms with Crippen molar-refractivity contribution in [2.75, 3.05) is 40.0 Å². The van der Waals surface area contributed by atoms with E-state index in [2.05, 4.69) is 24.1 Å². The fourth-order valence-electron chi connectivity index (χ4n) is 2.96.